The summed E-state index contributed by atoms with van der Waals surface area (Å²) in [6.07, 6.45) is -4.55. The lowest BCUT2D eigenvalue weighted by Gasteiger charge is -2.26. The maximum atomic E-state index is 13.1. The Kier molecular flexibility index (Phi) is 2.32. The lowest BCUT2D eigenvalue weighted by Crippen LogP contribution is -2.40. The minimum Gasteiger partial charge on any atom is -0.398 e. The van der Waals surface area contributed by atoms with Gasteiger partial charge in [0, 0.05) is 12.1 Å². The lowest BCUT2D eigenvalue weighted by molar-refractivity contribution is -0.211. The molecule has 0 fully saturated rings. The van der Waals surface area contributed by atoms with Crippen molar-refractivity contribution in [2.45, 2.75) is 18.3 Å². The van der Waals surface area contributed by atoms with Gasteiger partial charge in [0.25, 0.3) is 0 Å². The number of alkyl halides is 4. The summed E-state index contributed by atoms with van der Waals surface area (Å²) in [7, 11) is 0. The van der Waals surface area contributed by atoms with Crippen molar-refractivity contribution < 1.29 is 17.6 Å². The van der Waals surface area contributed by atoms with Crippen molar-refractivity contribution in [3.05, 3.63) is 22.9 Å². The second kappa shape index (κ2) is 2.90. The van der Waals surface area contributed by atoms with Crippen LogP contribution in [0.3, 0.4) is 0 Å². The maximum Gasteiger partial charge on any atom is 0.426 e. The highest BCUT2D eigenvalue weighted by molar-refractivity contribution is 6.32. The first kappa shape index (κ1) is 10.4. The highest BCUT2D eigenvalue weighted by Gasteiger charge is 2.54. The predicted octanol–water partition coefficient (Wildman–Crippen LogP) is 2.63. The van der Waals surface area contributed by atoms with Crippen LogP contribution in [0.25, 0.3) is 0 Å². The average Bonchev–Trinajstić information content (AvgIpc) is 1.95. The Labute approximate surface area is 76.8 Å². The van der Waals surface area contributed by atoms with Gasteiger partial charge in [0.2, 0.25) is 5.67 Å². The van der Waals surface area contributed by atoms with E-state index in [0.29, 0.717) is 6.08 Å². The van der Waals surface area contributed by atoms with Gasteiger partial charge in [-0.2, -0.15) is 13.2 Å². The third-order valence-corrected chi connectivity index (χ3v) is 2.08. The van der Waals surface area contributed by atoms with Gasteiger partial charge >= 0.3 is 6.18 Å². The van der Waals surface area contributed by atoms with Crippen molar-refractivity contribution in [3.63, 3.8) is 0 Å². The van der Waals surface area contributed by atoms with Crippen molar-refractivity contribution in [2.75, 3.05) is 0 Å². The van der Waals surface area contributed by atoms with E-state index in [1.165, 1.54) is 0 Å². The summed E-state index contributed by atoms with van der Waals surface area (Å²) in [4.78, 5) is 0. The molecule has 0 amide bonds. The minimum atomic E-state index is -4.95. The molecule has 1 unspecified atom stereocenters. The fourth-order valence-corrected chi connectivity index (χ4v) is 1.06. The molecule has 1 rings (SSSR count). The van der Waals surface area contributed by atoms with Crippen molar-refractivity contribution in [2.24, 2.45) is 5.73 Å². The Morgan fingerprint density at radius 2 is 2.00 bits per heavy atom. The van der Waals surface area contributed by atoms with Gasteiger partial charge in [-0.3, -0.25) is 0 Å². The zero-order valence-corrected chi connectivity index (χ0v) is 7.08. The molecule has 0 saturated carbocycles. The number of halogens is 5. The maximum absolute atomic E-state index is 13.1. The Balaban J connectivity index is 3.01. The van der Waals surface area contributed by atoms with Crippen molar-refractivity contribution in [3.8, 4) is 0 Å². The second-order valence-electron chi connectivity index (χ2n) is 2.72. The van der Waals surface area contributed by atoms with Gasteiger partial charge in [-0.25, -0.2) is 4.39 Å². The fraction of sp³-hybridized carbons (Fsp3) is 0.429. The average molecular weight is 216 g/mol. The molecule has 13 heavy (non-hydrogen) atoms. The number of allylic oxidation sites excluding steroid dienone is 3. The predicted molar refractivity (Wildman–Crippen MR) is 40.7 cm³/mol. The zero-order chi connectivity index (χ0) is 10.3. The van der Waals surface area contributed by atoms with Gasteiger partial charge in [0.15, 0.2) is 0 Å². The molecule has 0 bridgehead atoms. The molecule has 0 aromatic heterocycles. The molecule has 0 spiro atoms. The molecule has 1 aliphatic rings. The molecule has 0 aromatic carbocycles. The SMILES string of the molecule is NC1=CC(F)(C(F)(F)F)CC=C1Cl. The van der Waals surface area contributed by atoms with Crippen molar-refractivity contribution >= 4 is 11.6 Å². The lowest BCUT2D eigenvalue weighted by atomic mass is 9.95. The molecule has 1 atom stereocenters. The molecule has 0 radical (unpaired) electrons. The van der Waals surface area contributed by atoms with Crippen LogP contribution in [0.4, 0.5) is 17.6 Å². The van der Waals surface area contributed by atoms with Gasteiger partial charge in [-0.15, -0.1) is 0 Å². The van der Waals surface area contributed by atoms with Crippen molar-refractivity contribution in [1.29, 1.82) is 0 Å². The van der Waals surface area contributed by atoms with Crippen LogP contribution < -0.4 is 5.73 Å². The van der Waals surface area contributed by atoms with Crippen LogP contribution in [-0.2, 0) is 0 Å². The molecular weight excluding hydrogens is 210 g/mol. The third-order valence-electron chi connectivity index (χ3n) is 1.71. The molecular formula is C7H6ClF4N. The highest BCUT2D eigenvalue weighted by atomic mass is 35.5. The fourth-order valence-electron chi connectivity index (χ4n) is 0.928. The van der Waals surface area contributed by atoms with Crippen LogP contribution in [0.5, 0.6) is 0 Å². The summed E-state index contributed by atoms with van der Waals surface area (Å²) < 4.78 is 49.4. The Bertz CT molecular complexity index is 281. The summed E-state index contributed by atoms with van der Waals surface area (Å²) in [5.74, 6) is 0. The molecule has 6 heteroatoms. The standard InChI is InChI=1S/C7H6ClF4N/c8-4-1-2-6(9,3-5(4)13)7(10,11)12/h1,3H,2,13H2. The molecule has 2 N–H and O–H groups in total. The molecule has 0 heterocycles. The third kappa shape index (κ3) is 1.80. The first-order valence-electron chi connectivity index (χ1n) is 3.36. The van der Waals surface area contributed by atoms with Gasteiger partial charge in [-0.1, -0.05) is 17.7 Å². The molecule has 0 aromatic rings. The van der Waals surface area contributed by atoms with Crippen LogP contribution >= 0.6 is 11.6 Å². The van der Waals surface area contributed by atoms with E-state index in [1.54, 1.807) is 0 Å². The van der Waals surface area contributed by atoms with Crippen LogP contribution in [0.15, 0.2) is 22.9 Å². The topological polar surface area (TPSA) is 26.0 Å². The van der Waals surface area contributed by atoms with E-state index in [2.05, 4.69) is 0 Å². The van der Waals surface area contributed by atoms with E-state index in [0.717, 1.165) is 6.08 Å². The smallest absolute Gasteiger partial charge is 0.398 e. The van der Waals surface area contributed by atoms with E-state index >= 15 is 0 Å². The van der Waals surface area contributed by atoms with Gasteiger partial charge in [0.1, 0.15) is 0 Å². The van der Waals surface area contributed by atoms with E-state index in [9.17, 15) is 17.6 Å². The van der Waals surface area contributed by atoms with E-state index < -0.39 is 18.3 Å². The number of rotatable bonds is 0. The Morgan fingerprint density at radius 1 is 1.46 bits per heavy atom. The monoisotopic (exact) mass is 215 g/mol. The summed E-state index contributed by atoms with van der Waals surface area (Å²) >= 11 is 5.38. The summed E-state index contributed by atoms with van der Waals surface area (Å²) in [6.45, 7) is 0. The van der Waals surface area contributed by atoms with Crippen LogP contribution in [0.1, 0.15) is 6.42 Å². The van der Waals surface area contributed by atoms with Gasteiger partial charge in [-0.05, 0) is 6.08 Å². The van der Waals surface area contributed by atoms with Gasteiger partial charge < -0.3 is 5.73 Å². The first-order valence-corrected chi connectivity index (χ1v) is 3.74. The zero-order valence-electron chi connectivity index (χ0n) is 6.33. The molecule has 0 saturated heterocycles. The van der Waals surface area contributed by atoms with Crippen LogP contribution in [-0.4, -0.2) is 11.8 Å². The molecule has 74 valence electrons. The van der Waals surface area contributed by atoms with Crippen LogP contribution in [0.2, 0.25) is 0 Å². The van der Waals surface area contributed by atoms with Crippen LogP contribution in [0, 0.1) is 0 Å². The van der Waals surface area contributed by atoms with E-state index in [-0.39, 0.29) is 10.7 Å². The number of nitrogens with two attached hydrogens (primary N) is 1. The highest BCUT2D eigenvalue weighted by Crippen LogP contribution is 2.41. The molecule has 1 aliphatic carbocycles. The number of hydrogen-bond acceptors (Lipinski definition) is 1. The van der Waals surface area contributed by atoms with Gasteiger partial charge in [0.05, 0.1) is 5.03 Å². The quantitative estimate of drug-likeness (QED) is 0.618. The summed E-state index contributed by atoms with van der Waals surface area (Å²) in [5, 5.41) is -0.0440. The van der Waals surface area contributed by atoms with E-state index in [4.69, 9.17) is 17.3 Å². The first-order chi connectivity index (χ1) is 5.76. The Hall–Kier alpha value is -0.710. The summed E-state index contributed by atoms with van der Waals surface area (Å²) in [5.41, 5.74) is 1.31. The largest absolute Gasteiger partial charge is 0.426 e. The molecule has 0 aliphatic heterocycles. The summed E-state index contributed by atoms with van der Waals surface area (Å²) in [6, 6.07) is 0. The van der Waals surface area contributed by atoms with E-state index in [1.807, 2.05) is 0 Å². The molecule has 1 nitrogen and oxygen atoms in total. The second-order valence-corrected chi connectivity index (χ2v) is 3.12. The normalized spacial score (nSPS) is 29.6. The minimum absolute atomic E-state index is 0.0440. The Morgan fingerprint density at radius 3 is 2.38 bits per heavy atom. The van der Waals surface area contributed by atoms with Crippen molar-refractivity contribution in [1.82, 2.24) is 0 Å². The number of hydrogen-bond donors (Lipinski definition) is 1.